The summed E-state index contributed by atoms with van der Waals surface area (Å²) < 4.78 is 10.4. The Labute approximate surface area is 112 Å². The average molecular weight is 265 g/mol. The van der Waals surface area contributed by atoms with Crippen LogP contribution in [0.5, 0.6) is 5.75 Å². The second-order valence-electron chi connectivity index (χ2n) is 4.42. The first kappa shape index (κ1) is 13.8. The van der Waals surface area contributed by atoms with E-state index in [1.165, 1.54) is 0 Å². The van der Waals surface area contributed by atoms with Gasteiger partial charge in [-0.2, -0.15) is 0 Å². The lowest BCUT2D eigenvalue weighted by atomic mass is 10.0. The molecule has 0 saturated carbocycles. The van der Waals surface area contributed by atoms with Gasteiger partial charge in [0.15, 0.2) is 0 Å². The van der Waals surface area contributed by atoms with Crippen molar-refractivity contribution in [3.05, 3.63) is 29.3 Å². The van der Waals surface area contributed by atoms with E-state index in [-0.39, 0.29) is 19.1 Å². The summed E-state index contributed by atoms with van der Waals surface area (Å²) in [5.74, 6) is 0.668. The van der Waals surface area contributed by atoms with Gasteiger partial charge in [-0.1, -0.05) is 6.07 Å². The Bertz CT molecular complexity index is 447. The van der Waals surface area contributed by atoms with Crippen molar-refractivity contribution in [3.8, 4) is 5.75 Å². The van der Waals surface area contributed by atoms with Crippen molar-refractivity contribution in [2.24, 2.45) is 0 Å². The van der Waals surface area contributed by atoms with Crippen LogP contribution < -0.4 is 10.1 Å². The van der Waals surface area contributed by atoms with Crippen LogP contribution in [-0.2, 0) is 16.0 Å². The molecule has 19 heavy (non-hydrogen) atoms. The van der Waals surface area contributed by atoms with Crippen LogP contribution in [0, 0.1) is 0 Å². The molecule has 1 aromatic rings. The predicted octanol–water partition coefficient (Wildman–Crippen LogP) is 0.808. The summed E-state index contributed by atoms with van der Waals surface area (Å²) in [5, 5.41) is 12.7. The fraction of sp³-hybridized carbons (Fsp3) is 0.500. The maximum Gasteiger partial charge on any atom is 0.246 e. The number of aliphatic hydroxyl groups excluding tert-OH is 1. The maximum absolute atomic E-state index is 11.4. The fourth-order valence-electron chi connectivity index (χ4n) is 1.99. The number of carbonyl (C=O) groups excluding carboxylic acids is 1. The van der Waals surface area contributed by atoms with Crippen LogP contribution >= 0.6 is 0 Å². The molecule has 0 bridgehead atoms. The first-order chi connectivity index (χ1) is 9.20. The highest BCUT2D eigenvalue weighted by Crippen LogP contribution is 2.27. The molecule has 1 aliphatic rings. The van der Waals surface area contributed by atoms with E-state index in [9.17, 15) is 9.90 Å². The van der Waals surface area contributed by atoms with Crippen molar-refractivity contribution < 1.29 is 19.4 Å². The molecule has 5 nitrogen and oxygen atoms in total. The van der Waals surface area contributed by atoms with Gasteiger partial charge < -0.3 is 19.9 Å². The van der Waals surface area contributed by atoms with E-state index in [0.717, 1.165) is 23.3 Å². The number of hydrogen-bond acceptors (Lipinski definition) is 4. The van der Waals surface area contributed by atoms with Gasteiger partial charge in [-0.3, -0.25) is 4.79 Å². The van der Waals surface area contributed by atoms with Gasteiger partial charge in [-0.05, 0) is 30.2 Å². The van der Waals surface area contributed by atoms with Crippen molar-refractivity contribution in [3.63, 3.8) is 0 Å². The number of carbonyl (C=O) groups is 1. The first-order valence-corrected chi connectivity index (χ1v) is 6.49. The molecule has 1 amide bonds. The summed E-state index contributed by atoms with van der Waals surface area (Å²) in [7, 11) is 0. The molecule has 5 heteroatoms. The van der Waals surface area contributed by atoms with Crippen LogP contribution in [0.15, 0.2) is 18.2 Å². The fourth-order valence-corrected chi connectivity index (χ4v) is 1.99. The topological polar surface area (TPSA) is 67.8 Å². The van der Waals surface area contributed by atoms with Crippen LogP contribution in [0.1, 0.15) is 24.2 Å². The summed E-state index contributed by atoms with van der Waals surface area (Å²) in [4.78, 5) is 11.4. The minimum absolute atomic E-state index is 0.0290. The lowest BCUT2D eigenvalue weighted by Crippen LogP contribution is -2.31. The number of fused-ring (bicyclic) bond motifs is 1. The number of rotatable bonds is 6. The molecule has 0 spiro atoms. The molecule has 2 N–H and O–H groups in total. The molecule has 0 radical (unpaired) electrons. The summed E-state index contributed by atoms with van der Waals surface area (Å²) in [6.45, 7) is 3.24. The van der Waals surface area contributed by atoms with Crippen molar-refractivity contribution >= 4 is 5.91 Å². The Morgan fingerprint density at radius 1 is 1.58 bits per heavy atom. The summed E-state index contributed by atoms with van der Waals surface area (Å²) in [5.41, 5.74) is 1.90. The Morgan fingerprint density at radius 2 is 2.42 bits per heavy atom. The second kappa shape index (κ2) is 6.54. The number of nitrogens with one attached hydrogen (secondary N) is 1. The van der Waals surface area contributed by atoms with Gasteiger partial charge in [0.2, 0.25) is 5.91 Å². The molecule has 0 aliphatic carbocycles. The van der Waals surface area contributed by atoms with E-state index >= 15 is 0 Å². The molecule has 0 aromatic heterocycles. The van der Waals surface area contributed by atoms with E-state index in [1.807, 2.05) is 25.1 Å². The zero-order valence-corrected chi connectivity index (χ0v) is 11.0. The van der Waals surface area contributed by atoms with Crippen LogP contribution in [0.25, 0.3) is 0 Å². The predicted molar refractivity (Wildman–Crippen MR) is 70.1 cm³/mol. The smallest absolute Gasteiger partial charge is 0.246 e. The van der Waals surface area contributed by atoms with E-state index in [0.29, 0.717) is 13.2 Å². The zero-order valence-electron chi connectivity index (χ0n) is 11.0. The Balaban J connectivity index is 1.86. The van der Waals surface area contributed by atoms with Crippen LogP contribution in [0.4, 0.5) is 0 Å². The Kier molecular flexibility index (Phi) is 4.76. The summed E-state index contributed by atoms with van der Waals surface area (Å²) in [6, 6.07) is 5.62. The lowest BCUT2D eigenvalue weighted by molar-refractivity contribution is -0.126. The van der Waals surface area contributed by atoms with Gasteiger partial charge in [0.1, 0.15) is 12.4 Å². The van der Waals surface area contributed by atoms with Crippen LogP contribution in [-0.4, -0.2) is 37.4 Å². The third-order valence-corrected chi connectivity index (χ3v) is 3.03. The Hall–Kier alpha value is -1.59. The van der Waals surface area contributed by atoms with Crippen LogP contribution in [0.2, 0.25) is 0 Å². The van der Waals surface area contributed by atoms with Gasteiger partial charge in [-0.15, -0.1) is 0 Å². The molecule has 1 aromatic carbocycles. The minimum Gasteiger partial charge on any atom is -0.493 e. The Morgan fingerprint density at radius 3 is 3.21 bits per heavy atom. The zero-order chi connectivity index (χ0) is 13.7. The summed E-state index contributed by atoms with van der Waals surface area (Å²) in [6.07, 6.45) is 0.156. The first-order valence-electron chi connectivity index (χ1n) is 6.49. The largest absolute Gasteiger partial charge is 0.493 e. The highest BCUT2D eigenvalue weighted by Gasteiger charge is 2.15. The van der Waals surface area contributed by atoms with E-state index < -0.39 is 6.10 Å². The van der Waals surface area contributed by atoms with E-state index in [1.54, 1.807) is 0 Å². The molecular weight excluding hydrogens is 246 g/mol. The number of hydrogen-bond donors (Lipinski definition) is 2. The van der Waals surface area contributed by atoms with Gasteiger partial charge in [0.25, 0.3) is 0 Å². The normalized spacial score (nSPS) is 14.6. The van der Waals surface area contributed by atoms with Crippen molar-refractivity contribution in [2.45, 2.75) is 19.4 Å². The van der Waals surface area contributed by atoms with E-state index in [4.69, 9.17) is 9.47 Å². The molecule has 1 heterocycles. The molecule has 2 rings (SSSR count). The number of amides is 1. The molecule has 0 saturated heterocycles. The monoisotopic (exact) mass is 265 g/mol. The van der Waals surface area contributed by atoms with Gasteiger partial charge in [0, 0.05) is 19.6 Å². The molecule has 0 fully saturated rings. The van der Waals surface area contributed by atoms with Gasteiger partial charge in [-0.25, -0.2) is 0 Å². The lowest BCUT2D eigenvalue weighted by Gasteiger charge is -2.13. The minimum atomic E-state index is -0.712. The van der Waals surface area contributed by atoms with Crippen LogP contribution in [0.3, 0.4) is 0 Å². The number of ether oxygens (including phenoxy) is 2. The second-order valence-corrected chi connectivity index (χ2v) is 4.42. The van der Waals surface area contributed by atoms with E-state index in [2.05, 4.69) is 5.32 Å². The number of benzene rings is 1. The highest BCUT2D eigenvalue weighted by molar-refractivity contribution is 5.77. The quantitative estimate of drug-likeness (QED) is 0.798. The maximum atomic E-state index is 11.4. The SMILES string of the molecule is CCOCC(=O)NC[C@H](O)c1ccc2c(c1)CCO2. The van der Waals surface area contributed by atoms with Crippen molar-refractivity contribution in [2.75, 3.05) is 26.4 Å². The van der Waals surface area contributed by atoms with Crippen molar-refractivity contribution in [1.82, 2.24) is 5.32 Å². The summed E-state index contributed by atoms with van der Waals surface area (Å²) >= 11 is 0. The molecule has 1 atom stereocenters. The molecule has 104 valence electrons. The highest BCUT2D eigenvalue weighted by atomic mass is 16.5. The number of aliphatic hydroxyl groups is 1. The third-order valence-electron chi connectivity index (χ3n) is 3.03. The third kappa shape index (κ3) is 3.68. The average Bonchev–Trinajstić information content (AvgIpc) is 2.89. The molecule has 1 aliphatic heterocycles. The van der Waals surface area contributed by atoms with Crippen molar-refractivity contribution in [1.29, 1.82) is 0 Å². The molecular formula is C14H19NO4. The standard InChI is InChI=1S/C14H19NO4/c1-2-18-9-14(17)15-8-12(16)10-3-4-13-11(7-10)5-6-19-13/h3-4,7,12,16H,2,5-6,8-9H2,1H3,(H,15,17)/t12-/m0/s1. The van der Waals surface area contributed by atoms with Gasteiger partial charge >= 0.3 is 0 Å². The van der Waals surface area contributed by atoms with Gasteiger partial charge in [0.05, 0.1) is 12.7 Å². The molecule has 0 unspecified atom stereocenters.